The Hall–Kier alpha value is -2.94. The molecule has 0 radical (unpaired) electrons. The maximum atomic E-state index is 12.9. The molecule has 148 valence electrons. The van der Waals surface area contributed by atoms with Crippen molar-refractivity contribution in [3.63, 3.8) is 0 Å². The van der Waals surface area contributed by atoms with E-state index in [2.05, 4.69) is 26.5 Å². The van der Waals surface area contributed by atoms with E-state index in [4.69, 9.17) is 9.47 Å². The zero-order valence-corrected chi connectivity index (χ0v) is 17.1. The molecule has 0 aliphatic carbocycles. The summed E-state index contributed by atoms with van der Waals surface area (Å²) in [5, 5.41) is 3.89. The molecular weight excluding hydrogens is 433 g/mol. The fourth-order valence-corrected chi connectivity index (χ4v) is 2.62. The van der Waals surface area contributed by atoms with Crippen LogP contribution in [0.5, 0.6) is 11.5 Å². The van der Waals surface area contributed by atoms with Crippen LogP contribution in [0.2, 0.25) is 0 Å². The number of rotatable bonds is 7. The highest BCUT2D eigenvalue weighted by Crippen LogP contribution is 2.36. The minimum atomic E-state index is -0.468. The van der Waals surface area contributed by atoms with Gasteiger partial charge in [0.25, 0.3) is 11.8 Å². The maximum Gasteiger partial charge on any atom is 0.271 e. The molecule has 2 amide bonds. The third-order valence-electron chi connectivity index (χ3n) is 3.58. The first-order chi connectivity index (χ1) is 13.3. The molecule has 2 aromatic carbocycles. The number of ether oxygens (including phenoxy) is 2. The number of hydrogen-bond acceptors (Lipinski definition) is 5. The highest BCUT2D eigenvalue weighted by atomic mass is 79.9. The van der Waals surface area contributed by atoms with Crippen LogP contribution in [0.1, 0.15) is 15.9 Å². The molecule has 28 heavy (non-hydrogen) atoms. The number of nitrogens with one attached hydrogen (secondary N) is 1. The van der Waals surface area contributed by atoms with Gasteiger partial charge in [0.1, 0.15) is 5.82 Å². The van der Waals surface area contributed by atoms with Crippen molar-refractivity contribution in [1.29, 1.82) is 0 Å². The number of benzene rings is 2. The molecule has 7 nitrogen and oxygen atoms in total. The fourth-order valence-electron chi connectivity index (χ4n) is 2.05. The van der Waals surface area contributed by atoms with E-state index in [0.29, 0.717) is 21.5 Å². The van der Waals surface area contributed by atoms with E-state index in [1.807, 2.05) is 0 Å². The number of methoxy groups -OCH3 is 1. The summed E-state index contributed by atoms with van der Waals surface area (Å²) in [6.45, 7) is -0.136. The predicted molar refractivity (Wildman–Crippen MR) is 106 cm³/mol. The number of hydrazone groups is 1. The molecule has 9 heteroatoms. The second-order valence-corrected chi connectivity index (χ2v) is 6.67. The van der Waals surface area contributed by atoms with E-state index in [-0.39, 0.29) is 18.1 Å². The molecule has 0 heterocycles. The number of amides is 2. The lowest BCUT2D eigenvalue weighted by Crippen LogP contribution is -2.27. The van der Waals surface area contributed by atoms with Crippen LogP contribution in [0.15, 0.2) is 46.0 Å². The molecular formula is C19H19BrFN3O4. The van der Waals surface area contributed by atoms with Crippen molar-refractivity contribution in [2.45, 2.75) is 0 Å². The molecule has 0 spiro atoms. The first kappa shape index (κ1) is 21.4. The van der Waals surface area contributed by atoms with Crippen LogP contribution >= 0.6 is 15.9 Å². The van der Waals surface area contributed by atoms with Crippen LogP contribution in [-0.2, 0) is 4.79 Å². The second kappa shape index (κ2) is 9.84. The van der Waals surface area contributed by atoms with Crippen LogP contribution < -0.4 is 14.9 Å². The van der Waals surface area contributed by atoms with E-state index < -0.39 is 11.7 Å². The molecule has 0 unspecified atom stereocenters. The average molecular weight is 452 g/mol. The Balaban J connectivity index is 2.08. The molecule has 0 saturated carbocycles. The number of hydrogen-bond donors (Lipinski definition) is 1. The monoisotopic (exact) mass is 451 g/mol. The Kier molecular flexibility index (Phi) is 7.51. The Morgan fingerprint density at radius 3 is 2.54 bits per heavy atom. The summed E-state index contributed by atoms with van der Waals surface area (Å²) in [5.74, 6) is -0.309. The molecule has 0 bridgehead atoms. The first-order valence-electron chi connectivity index (χ1n) is 8.11. The Bertz CT molecular complexity index is 885. The highest BCUT2D eigenvalue weighted by molar-refractivity contribution is 9.10. The van der Waals surface area contributed by atoms with Gasteiger partial charge in [-0.15, -0.1) is 0 Å². The number of likely N-dealkylation sites (N-methyl/N-ethyl adjacent to an activating group) is 1. The maximum absolute atomic E-state index is 12.9. The summed E-state index contributed by atoms with van der Waals surface area (Å²) in [6.07, 6.45) is 1.42. The SMILES string of the molecule is COc1cc(C=NNC(=O)c2ccc(F)cc2)cc(Br)c1OCC(=O)N(C)C. The van der Waals surface area contributed by atoms with Gasteiger partial charge in [-0.2, -0.15) is 5.10 Å². The third-order valence-corrected chi connectivity index (χ3v) is 4.17. The topological polar surface area (TPSA) is 80.2 Å². The van der Waals surface area contributed by atoms with Crippen LogP contribution in [0.3, 0.4) is 0 Å². The summed E-state index contributed by atoms with van der Waals surface area (Å²) in [7, 11) is 4.75. The van der Waals surface area contributed by atoms with Crippen LogP contribution in [0.25, 0.3) is 0 Å². The highest BCUT2D eigenvalue weighted by Gasteiger charge is 2.14. The quantitative estimate of drug-likeness (QED) is 0.518. The normalized spacial score (nSPS) is 10.6. The number of carbonyl (C=O) groups is 2. The largest absolute Gasteiger partial charge is 0.493 e. The molecule has 0 atom stereocenters. The van der Waals surface area contributed by atoms with E-state index in [1.54, 1.807) is 26.2 Å². The zero-order chi connectivity index (χ0) is 20.7. The first-order valence-corrected chi connectivity index (χ1v) is 8.90. The van der Waals surface area contributed by atoms with Gasteiger partial charge in [-0.3, -0.25) is 9.59 Å². The number of carbonyl (C=O) groups excluding carboxylic acids is 2. The van der Waals surface area contributed by atoms with Crippen molar-refractivity contribution in [1.82, 2.24) is 10.3 Å². The van der Waals surface area contributed by atoms with Gasteiger partial charge in [-0.1, -0.05) is 0 Å². The minimum Gasteiger partial charge on any atom is -0.493 e. The lowest BCUT2D eigenvalue weighted by molar-refractivity contribution is -0.130. The van der Waals surface area contributed by atoms with Crippen LogP contribution in [-0.4, -0.2) is 50.7 Å². The van der Waals surface area contributed by atoms with Gasteiger partial charge in [-0.25, -0.2) is 9.82 Å². The molecule has 0 aliphatic rings. The van der Waals surface area contributed by atoms with Gasteiger partial charge in [0.2, 0.25) is 0 Å². The molecule has 2 aromatic rings. The van der Waals surface area contributed by atoms with E-state index >= 15 is 0 Å². The molecule has 0 fully saturated rings. The van der Waals surface area contributed by atoms with E-state index in [1.165, 1.54) is 42.5 Å². The Morgan fingerprint density at radius 2 is 1.93 bits per heavy atom. The zero-order valence-electron chi connectivity index (χ0n) is 15.5. The second-order valence-electron chi connectivity index (χ2n) is 5.82. The van der Waals surface area contributed by atoms with Crippen molar-refractivity contribution in [3.8, 4) is 11.5 Å². The minimum absolute atomic E-state index is 0.136. The average Bonchev–Trinajstić information content (AvgIpc) is 2.66. The molecule has 1 N–H and O–H groups in total. The predicted octanol–water partition coefficient (Wildman–Crippen LogP) is 2.83. The van der Waals surface area contributed by atoms with Gasteiger partial charge < -0.3 is 14.4 Å². The van der Waals surface area contributed by atoms with Gasteiger partial charge in [0.05, 0.1) is 17.8 Å². The van der Waals surface area contributed by atoms with Crippen LogP contribution in [0, 0.1) is 5.82 Å². The molecule has 0 aliphatic heterocycles. The summed E-state index contributed by atoms with van der Waals surface area (Å²) < 4.78 is 24.3. The smallest absolute Gasteiger partial charge is 0.271 e. The number of nitrogens with zero attached hydrogens (tertiary/aromatic N) is 2. The van der Waals surface area contributed by atoms with E-state index in [0.717, 1.165) is 0 Å². The van der Waals surface area contributed by atoms with Crippen molar-refractivity contribution >= 4 is 34.0 Å². The van der Waals surface area contributed by atoms with Gasteiger partial charge in [-0.05, 0) is 57.9 Å². The Labute approximate surface area is 170 Å². The van der Waals surface area contributed by atoms with Gasteiger partial charge >= 0.3 is 0 Å². The lowest BCUT2D eigenvalue weighted by atomic mass is 10.2. The summed E-state index contributed by atoms with van der Waals surface area (Å²) >= 11 is 3.38. The molecule has 0 saturated heterocycles. The summed E-state index contributed by atoms with van der Waals surface area (Å²) in [6, 6.07) is 8.46. The Morgan fingerprint density at radius 1 is 1.25 bits per heavy atom. The summed E-state index contributed by atoms with van der Waals surface area (Å²) in [4.78, 5) is 25.1. The van der Waals surface area contributed by atoms with Crippen molar-refractivity contribution in [2.75, 3.05) is 27.8 Å². The van der Waals surface area contributed by atoms with Gasteiger partial charge in [0.15, 0.2) is 18.1 Å². The molecule has 0 aromatic heterocycles. The van der Waals surface area contributed by atoms with Crippen molar-refractivity contribution in [2.24, 2.45) is 5.10 Å². The number of halogens is 2. The van der Waals surface area contributed by atoms with Crippen molar-refractivity contribution < 1.29 is 23.5 Å². The standard InChI is InChI=1S/C19H19BrFN3O4/c1-24(2)17(25)11-28-18-15(20)8-12(9-16(18)27-3)10-22-23-19(26)13-4-6-14(21)7-5-13/h4-10H,11H2,1-3H3,(H,23,26). The van der Waals surface area contributed by atoms with Crippen LogP contribution in [0.4, 0.5) is 4.39 Å². The summed E-state index contributed by atoms with van der Waals surface area (Å²) in [5.41, 5.74) is 3.27. The lowest BCUT2D eigenvalue weighted by Gasteiger charge is -2.15. The molecule has 2 rings (SSSR count). The van der Waals surface area contributed by atoms with Gasteiger partial charge in [0, 0.05) is 19.7 Å². The van der Waals surface area contributed by atoms with Crippen molar-refractivity contribution in [3.05, 3.63) is 57.8 Å². The fraction of sp³-hybridized carbons (Fsp3) is 0.211. The third kappa shape index (κ3) is 5.78. The van der Waals surface area contributed by atoms with E-state index in [9.17, 15) is 14.0 Å².